The fourth-order valence-electron chi connectivity index (χ4n) is 4.05. The van der Waals surface area contributed by atoms with Gasteiger partial charge in [-0.15, -0.1) is 0 Å². The Morgan fingerprint density at radius 3 is 2.63 bits per heavy atom. The lowest BCUT2D eigenvalue weighted by atomic mass is 10.0. The van der Waals surface area contributed by atoms with Crippen molar-refractivity contribution in [2.45, 2.75) is 25.8 Å². The summed E-state index contributed by atoms with van der Waals surface area (Å²) in [6, 6.07) is 7.27. The van der Waals surface area contributed by atoms with E-state index < -0.39 is 11.4 Å². The largest absolute Gasteiger partial charge is 0.508 e. The molecule has 5 nitrogen and oxygen atoms in total. The Bertz CT molecular complexity index is 1230. The SMILES string of the molecule is O=c1oc2cc(F)ccc2c2oc3ccc(O)c(CN4CCCCC4)c3c12. The third-order valence-corrected chi connectivity index (χ3v) is 5.36. The predicted molar refractivity (Wildman–Crippen MR) is 101 cm³/mol. The molecule has 6 heteroatoms. The van der Waals surface area contributed by atoms with Crippen molar-refractivity contribution in [2.75, 3.05) is 13.1 Å². The number of aromatic hydroxyl groups is 1. The lowest BCUT2D eigenvalue weighted by molar-refractivity contribution is 0.219. The summed E-state index contributed by atoms with van der Waals surface area (Å²) in [5.41, 5.74) is 1.10. The minimum absolute atomic E-state index is 0.134. The Kier molecular flexibility index (Phi) is 3.68. The van der Waals surface area contributed by atoms with E-state index in [1.165, 1.54) is 18.6 Å². The van der Waals surface area contributed by atoms with Crippen LogP contribution >= 0.6 is 0 Å². The molecular formula is C21H18FNO4. The van der Waals surface area contributed by atoms with E-state index in [9.17, 15) is 14.3 Å². The molecule has 0 radical (unpaired) electrons. The molecule has 3 heterocycles. The van der Waals surface area contributed by atoms with Gasteiger partial charge in [-0.05, 0) is 50.2 Å². The van der Waals surface area contributed by atoms with E-state index >= 15 is 0 Å². The summed E-state index contributed by atoms with van der Waals surface area (Å²) in [4.78, 5) is 15.0. The van der Waals surface area contributed by atoms with Gasteiger partial charge in [-0.25, -0.2) is 9.18 Å². The summed E-state index contributed by atoms with van der Waals surface area (Å²) in [7, 11) is 0. The van der Waals surface area contributed by atoms with E-state index in [1.54, 1.807) is 18.2 Å². The van der Waals surface area contributed by atoms with E-state index in [4.69, 9.17) is 8.83 Å². The molecule has 1 fully saturated rings. The number of hydrogen-bond acceptors (Lipinski definition) is 5. The zero-order valence-corrected chi connectivity index (χ0v) is 14.6. The van der Waals surface area contributed by atoms with Gasteiger partial charge in [-0.1, -0.05) is 6.42 Å². The minimum atomic E-state index is -0.590. The molecule has 0 bridgehead atoms. The Morgan fingerprint density at radius 2 is 1.81 bits per heavy atom. The van der Waals surface area contributed by atoms with Gasteiger partial charge >= 0.3 is 5.63 Å². The highest BCUT2D eigenvalue weighted by molar-refractivity contribution is 6.14. The Balaban J connectivity index is 1.81. The van der Waals surface area contributed by atoms with Crippen molar-refractivity contribution in [3.63, 3.8) is 0 Å². The number of hydrogen-bond donors (Lipinski definition) is 1. The monoisotopic (exact) mass is 367 g/mol. The summed E-state index contributed by atoms with van der Waals surface area (Å²) in [6.07, 6.45) is 3.47. The quantitative estimate of drug-likeness (QED) is 0.528. The van der Waals surface area contributed by atoms with Crippen molar-refractivity contribution < 1.29 is 18.3 Å². The average Bonchev–Trinajstić information content (AvgIpc) is 3.05. The second kappa shape index (κ2) is 6.09. The number of halogens is 1. The zero-order valence-electron chi connectivity index (χ0n) is 14.6. The van der Waals surface area contributed by atoms with Crippen LogP contribution in [0.3, 0.4) is 0 Å². The number of fused-ring (bicyclic) bond motifs is 5. The van der Waals surface area contributed by atoms with Gasteiger partial charge in [0.25, 0.3) is 0 Å². The number of phenolic OH excluding ortho intramolecular Hbond substituents is 1. The van der Waals surface area contributed by atoms with Crippen LogP contribution in [0.5, 0.6) is 5.75 Å². The van der Waals surface area contributed by atoms with Crippen LogP contribution in [-0.2, 0) is 6.54 Å². The maximum Gasteiger partial charge on any atom is 0.348 e. The number of phenols is 1. The first kappa shape index (κ1) is 16.3. The molecule has 1 aliphatic rings. The van der Waals surface area contributed by atoms with Crippen LogP contribution in [-0.4, -0.2) is 23.1 Å². The molecule has 0 amide bonds. The van der Waals surface area contributed by atoms with Gasteiger partial charge in [0, 0.05) is 23.6 Å². The zero-order chi connectivity index (χ0) is 18.5. The number of likely N-dealkylation sites (tertiary alicyclic amines) is 1. The molecule has 0 saturated carbocycles. The van der Waals surface area contributed by atoms with Crippen LogP contribution in [0.15, 0.2) is 44.0 Å². The van der Waals surface area contributed by atoms with E-state index in [1.807, 2.05) is 0 Å². The van der Waals surface area contributed by atoms with Gasteiger partial charge in [0.15, 0.2) is 5.58 Å². The summed E-state index contributed by atoms with van der Waals surface area (Å²) < 4.78 is 24.8. The van der Waals surface area contributed by atoms with E-state index in [2.05, 4.69) is 4.90 Å². The van der Waals surface area contributed by atoms with Crippen LogP contribution in [0.1, 0.15) is 24.8 Å². The first-order valence-corrected chi connectivity index (χ1v) is 9.13. The maximum absolute atomic E-state index is 13.5. The number of benzene rings is 2. The molecule has 1 saturated heterocycles. The molecule has 0 unspecified atom stereocenters. The first-order valence-electron chi connectivity index (χ1n) is 9.13. The fraction of sp³-hybridized carbons (Fsp3) is 0.286. The van der Waals surface area contributed by atoms with Gasteiger partial charge in [0.2, 0.25) is 0 Å². The van der Waals surface area contributed by atoms with Crippen LogP contribution < -0.4 is 5.63 Å². The number of piperidine rings is 1. The summed E-state index contributed by atoms with van der Waals surface area (Å²) in [5.74, 6) is -0.348. The van der Waals surface area contributed by atoms with E-state index in [-0.39, 0.29) is 11.3 Å². The van der Waals surface area contributed by atoms with Crippen LogP contribution in [0.4, 0.5) is 4.39 Å². The van der Waals surface area contributed by atoms with Crippen molar-refractivity contribution >= 4 is 32.9 Å². The third-order valence-electron chi connectivity index (χ3n) is 5.36. The molecule has 4 aromatic rings. The summed E-state index contributed by atoms with van der Waals surface area (Å²) >= 11 is 0. The Morgan fingerprint density at radius 1 is 1.00 bits per heavy atom. The summed E-state index contributed by atoms with van der Waals surface area (Å²) in [6.45, 7) is 2.46. The Labute approximate surface area is 153 Å². The lowest BCUT2D eigenvalue weighted by Gasteiger charge is -2.26. The number of furan rings is 1. The topological polar surface area (TPSA) is 66.8 Å². The number of rotatable bonds is 2. The van der Waals surface area contributed by atoms with Crippen molar-refractivity contribution in [1.82, 2.24) is 4.90 Å². The lowest BCUT2D eigenvalue weighted by Crippen LogP contribution is -2.29. The normalized spacial score (nSPS) is 15.9. The van der Waals surface area contributed by atoms with Crippen molar-refractivity contribution in [3.8, 4) is 5.75 Å². The molecule has 138 valence electrons. The second-order valence-electron chi connectivity index (χ2n) is 7.11. The molecule has 5 rings (SSSR count). The molecule has 27 heavy (non-hydrogen) atoms. The van der Waals surface area contributed by atoms with Gasteiger partial charge in [-0.3, -0.25) is 4.90 Å². The van der Waals surface area contributed by atoms with E-state index in [0.29, 0.717) is 39.4 Å². The smallest absolute Gasteiger partial charge is 0.348 e. The molecular weight excluding hydrogens is 349 g/mol. The van der Waals surface area contributed by atoms with Crippen molar-refractivity contribution in [2.24, 2.45) is 0 Å². The predicted octanol–water partition coefficient (Wildman–Crippen LogP) is 4.52. The van der Waals surface area contributed by atoms with Crippen molar-refractivity contribution in [3.05, 3.63) is 52.1 Å². The molecule has 0 spiro atoms. The molecule has 0 aliphatic carbocycles. The third kappa shape index (κ3) is 2.59. The minimum Gasteiger partial charge on any atom is -0.508 e. The maximum atomic E-state index is 13.5. The highest BCUT2D eigenvalue weighted by atomic mass is 19.1. The second-order valence-corrected chi connectivity index (χ2v) is 7.11. The van der Waals surface area contributed by atoms with Gasteiger partial charge in [0.05, 0.1) is 5.39 Å². The molecule has 2 aromatic heterocycles. The van der Waals surface area contributed by atoms with Gasteiger partial charge in [-0.2, -0.15) is 0 Å². The van der Waals surface area contributed by atoms with Crippen LogP contribution in [0.2, 0.25) is 0 Å². The van der Waals surface area contributed by atoms with Gasteiger partial charge in [0.1, 0.15) is 28.1 Å². The standard InChI is InChI=1S/C21H18FNO4/c22-12-4-5-13-17(10-12)27-21(25)19-18-14(11-23-8-2-1-3-9-23)15(24)6-7-16(18)26-20(13)19/h4-7,10,24H,1-3,8-9,11H2. The van der Waals surface area contributed by atoms with Crippen molar-refractivity contribution in [1.29, 1.82) is 0 Å². The Hall–Kier alpha value is -2.86. The summed E-state index contributed by atoms with van der Waals surface area (Å²) in [5, 5.41) is 11.9. The average molecular weight is 367 g/mol. The van der Waals surface area contributed by atoms with Crippen LogP contribution in [0, 0.1) is 5.82 Å². The van der Waals surface area contributed by atoms with E-state index in [0.717, 1.165) is 25.9 Å². The fourth-order valence-corrected chi connectivity index (χ4v) is 4.05. The van der Waals surface area contributed by atoms with Crippen LogP contribution in [0.25, 0.3) is 32.9 Å². The molecule has 1 N–H and O–H groups in total. The van der Waals surface area contributed by atoms with Gasteiger partial charge < -0.3 is 13.9 Å². The first-order chi connectivity index (χ1) is 13.1. The highest BCUT2D eigenvalue weighted by Gasteiger charge is 2.22. The molecule has 1 aliphatic heterocycles. The number of nitrogens with zero attached hydrogens (tertiary/aromatic N) is 1. The molecule has 2 aromatic carbocycles. The molecule has 0 atom stereocenters. The highest BCUT2D eigenvalue weighted by Crippen LogP contribution is 2.37.